The van der Waals surface area contributed by atoms with Crippen LogP contribution in [0, 0.1) is 0 Å². The Balaban J connectivity index is 1.70. The molecule has 2 heterocycles. The number of rotatable bonds is 5. The highest BCUT2D eigenvalue weighted by molar-refractivity contribution is 9.09. The summed E-state index contributed by atoms with van der Waals surface area (Å²) in [4.78, 5) is 14.2. The zero-order valence-electron chi connectivity index (χ0n) is 9.75. The summed E-state index contributed by atoms with van der Waals surface area (Å²) < 4.78 is 0. The van der Waals surface area contributed by atoms with Crippen molar-refractivity contribution in [3.05, 3.63) is 0 Å². The molecular formula is C12H21BrN2O. The van der Waals surface area contributed by atoms with E-state index in [4.69, 9.17) is 0 Å². The quantitative estimate of drug-likeness (QED) is 0.619. The normalized spacial score (nSPS) is 29.3. The highest BCUT2D eigenvalue weighted by atomic mass is 79.9. The average molecular weight is 289 g/mol. The molecule has 16 heavy (non-hydrogen) atoms. The van der Waals surface area contributed by atoms with Crippen LogP contribution < -0.4 is 5.32 Å². The van der Waals surface area contributed by atoms with E-state index >= 15 is 0 Å². The molecule has 3 nitrogen and oxygen atoms in total. The second-order valence-electron chi connectivity index (χ2n) is 4.85. The molecule has 2 aliphatic heterocycles. The lowest BCUT2D eigenvalue weighted by molar-refractivity contribution is -0.122. The van der Waals surface area contributed by atoms with Gasteiger partial charge in [0.15, 0.2) is 0 Å². The van der Waals surface area contributed by atoms with Crippen LogP contribution in [0.4, 0.5) is 0 Å². The second-order valence-corrected chi connectivity index (χ2v) is 5.65. The van der Waals surface area contributed by atoms with Crippen LogP contribution in [0.2, 0.25) is 0 Å². The summed E-state index contributed by atoms with van der Waals surface area (Å²) in [5.74, 6) is 0.250. The Morgan fingerprint density at radius 3 is 3.00 bits per heavy atom. The molecule has 0 aliphatic carbocycles. The lowest BCUT2D eigenvalue weighted by atomic mass is 10.1. The van der Waals surface area contributed by atoms with E-state index in [9.17, 15) is 4.79 Å². The van der Waals surface area contributed by atoms with E-state index in [0.717, 1.165) is 24.6 Å². The Bertz CT molecular complexity index is 247. The minimum atomic E-state index is 0.250. The van der Waals surface area contributed by atoms with Gasteiger partial charge in [-0.25, -0.2) is 0 Å². The zero-order chi connectivity index (χ0) is 11.4. The van der Waals surface area contributed by atoms with Crippen LogP contribution in [0.3, 0.4) is 0 Å². The molecule has 0 radical (unpaired) electrons. The maximum Gasteiger partial charge on any atom is 0.220 e. The number of amides is 1. The highest BCUT2D eigenvalue weighted by Crippen LogP contribution is 2.27. The number of hydrogen-bond acceptors (Lipinski definition) is 2. The molecule has 0 aromatic heterocycles. The van der Waals surface area contributed by atoms with Gasteiger partial charge in [0.2, 0.25) is 5.91 Å². The van der Waals surface area contributed by atoms with Gasteiger partial charge in [-0.05, 0) is 38.6 Å². The van der Waals surface area contributed by atoms with Crippen molar-refractivity contribution in [3.8, 4) is 0 Å². The van der Waals surface area contributed by atoms with Gasteiger partial charge >= 0.3 is 0 Å². The third-order valence-electron chi connectivity index (χ3n) is 3.74. The van der Waals surface area contributed by atoms with Crippen LogP contribution in [0.25, 0.3) is 0 Å². The van der Waals surface area contributed by atoms with Gasteiger partial charge in [-0.2, -0.15) is 0 Å². The molecule has 0 spiro atoms. The molecule has 2 unspecified atom stereocenters. The third-order valence-corrected chi connectivity index (χ3v) is 4.30. The molecule has 0 saturated carbocycles. The number of nitrogens with zero attached hydrogens (tertiary/aromatic N) is 1. The van der Waals surface area contributed by atoms with Crippen molar-refractivity contribution < 1.29 is 4.79 Å². The highest BCUT2D eigenvalue weighted by Gasteiger charge is 2.37. The first-order valence-corrected chi connectivity index (χ1v) is 7.53. The molecule has 4 heteroatoms. The Morgan fingerprint density at radius 2 is 2.19 bits per heavy atom. The van der Waals surface area contributed by atoms with Crippen LogP contribution in [-0.4, -0.2) is 41.3 Å². The summed E-state index contributed by atoms with van der Waals surface area (Å²) in [6.07, 6.45) is 6.50. The van der Waals surface area contributed by atoms with E-state index < -0.39 is 0 Å². The minimum absolute atomic E-state index is 0.250. The van der Waals surface area contributed by atoms with Gasteiger partial charge in [0.05, 0.1) is 0 Å². The SMILES string of the molecule is O=C(CCCCBr)NC1CCN2CCCC12. The topological polar surface area (TPSA) is 32.3 Å². The van der Waals surface area contributed by atoms with E-state index in [1.807, 2.05) is 0 Å². The molecule has 2 fully saturated rings. The van der Waals surface area contributed by atoms with Crippen LogP contribution in [0.5, 0.6) is 0 Å². The molecular weight excluding hydrogens is 268 g/mol. The number of carbonyl (C=O) groups excluding carboxylic acids is 1. The third kappa shape index (κ3) is 2.98. The number of nitrogens with one attached hydrogen (secondary N) is 1. The first-order valence-electron chi connectivity index (χ1n) is 6.40. The summed E-state index contributed by atoms with van der Waals surface area (Å²) in [6.45, 7) is 2.41. The first kappa shape index (κ1) is 12.4. The summed E-state index contributed by atoms with van der Waals surface area (Å²) >= 11 is 3.39. The van der Waals surface area contributed by atoms with Crippen LogP contribution >= 0.6 is 15.9 Å². The van der Waals surface area contributed by atoms with E-state index in [2.05, 4.69) is 26.1 Å². The summed E-state index contributed by atoms with van der Waals surface area (Å²) in [5.41, 5.74) is 0. The van der Waals surface area contributed by atoms with E-state index in [-0.39, 0.29) is 5.91 Å². The van der Waals surface area contributed by atoms with Crippen molar-refractivity contribution >= 4 is 21.8 Å². The predicted molar refractivity (Wildman–Crippen MR) is 68.8 cm³/mol. The molecule has 0 bridgehead atoms. The van der Waals surface area contributed by atoms with E-state index in [1.54, 1.807) is 0 Å². The molecule has 2 aliphatic rings. The van der Waals surface area contributed by atoms with Crippen LogP contribution in [-0.2, 0) is 4.79 Å². The smallest absolute Gasteiger partial charge is 0.220 e. The zero-order valence-corrected chi connectivity index (χ0v) is 11.3. The van der Waals surface area contributed by atoms with Gasteiger partial charge in [0.25, 0.3) is 0 Å². The lowest BCUT2D eigenvalue weighted by Gasteiger charge is -2.21. The van der Waals surface area contributed by atoms with Crippen molar-refractivity contribution in [2.24, 2.45) is 0 Å². The second kappa shape index (κ2) is 6.01. The first-order chi connectivity index (χ1) is 7.81. The maximum atomic E-state index is 11.7. The van der Waals surface area contributed by atoms with Gasteiger partial charge in [-0.3, -0.25) is 9.69 Å². The molecule has 1 amide bonds. The molecule has 1 N–H and O–H groups in total. The molecule has 2 atom stereocenters. The van der Waals surface area contributed by atoms with Crippen molar-refractivity contribution in [1.82, 2.24) is 10.2 Å². The van der Waals surface area contributed by atoms with Crippen molar-refractivity contribution in [2.45, 2.75) is 50.6 Å². The largest absolute Gasteiger partial charge is 0.352 e. The summed E-state index contributed by atoms with van der Waals surface area (Å²) in [6, 6.07) is 1.07. The number of carbonyl (C=O) groups is 1. The van der Waals surface area contributed by atoms with Gasteiger partial charge in [0.1, 0.15) is 0 Å². The summed E-state index contributed by atoms with van der Waals surface area (Å²) in [5, 5.41) is 4.21. The van der Waals surface area contributed by atoms with Gasteiger partial charge < -0.3 is 5.32 Å². The Morgan fingerprint density at radius 1 is 1.31 bits per heavy atom. The van der Waals surface area contributed by atoms with E-state index in [0.29, 0.717) is 18.5 Å². The molecule has 0 aromatic rings. The van der Waals surface area contributed by atoms with Crippen molar-refractivity contribution in [2.75, 3.05) is 18.4 Å². The lowest BCUT2D eigenvalue weighted by Crippen LogP contribution is -2.42. The van der Waals surface area contributed by atoms with E-state index in [1.165, 1.54) is 25.9 Å². The number of fused-ring (bicyclic) bond motifs is 1. The Labute approximate surface area is 106 Å². The fourth-order valence-electron chi connectivity index (χ4n) is 2.91. The molecule has 0 aromatic carbocycles. The fraction of sp³-hybridized carbons (Fsp3) is 0.917. The predicted octanol–water partition coefficient (Wildman–Crippen LogP) is 1.90. The number of hydrogen-bond donors (Lipinski definition) is 1. The van der Waals surface area contributed by atoms with Crippen molar-refractivity contribution in [3.63, 3.8) is 0 Å². The van der Waals surface area contributed by atoms with Crippen molar-refractivity contribution in [1.29, 1.82) is 0 Å². The standard InChI is InChI=1S/C12H21BrN2O/c13-7-2-1-5-12(16)14-10-6-9-15-8-3-4-11(10)15/h10-11H,1-9H2,(H,14,16). The van der Waals surface area contributed by atoms with Gasteiger partial charge in [-0.1, -0.05) is 15.9 Å². The van der Waals surface area contributed by atoms with Crippen LogP contribution in [0.1, 0.15) is 38.5 Å². The summed E-state index contributed by atoms with van der Waals surface area (Å²) in [7, 11) is 0. The maximum absolute atomic E-state index is 11.7. The monoisotopic (exact) mass is 288 g/mol. The number of halogens is 1. The number of alkyl halides is 1. The average Bonchev–Trinajstić information content (AvgIpc) is 2.83. The fourth-order valence-corrected chi connectivity index (χ4v) is 3.31. The minimum Gasteiger partial charge on any atom is -0.352 e. The molecule has 2 saturated heterocycles. The Kier molecular flexibility index (Phi) is 4.65. The molecule has 2 rings (SSSR count). The molecule has 92 valence electrons. The van der Waals surface area contributed by atoms with Gasteiger partial charge in [-0.15, -0.1) is 0 Å². The Hall–Kier alpha value is -0.0900. The number of unbranched alkanes of at least 4 members (excludes halogenated alkanes) is 1. The van der Waals surface area contributed by atoms with Gasteiger partial charge in [0, 0.05) is 30.4 Å². The van der Waals surface area contributed by atoms with Crippen LogP contribution in [0.15, 0.2) is 0 Å².